The van der Waals surface area contributed by atoms with Crippen molar-refractivity contribution in [2.24, 2.45) is 13.0 Å². The Bertz CT molecular complexity index is 1070. The minimum absolute atomic E-state index is 0.0601. The van der Waals surface area contributed by atoms with E-state index < -0.39 is 5.97 Å². The second kappa shape index (κ2) is 7.96. The highest BCUT2D eigenvalue weighted by atomic mass is 16.5. The van der Waals surface area contributed by atoms with Gasteiger partial charge in [0.05, 0.1) is 34.7 Å². The molecule has 1 aliphatic rings. The third-order valence-corrected chi connectivity index (χ3v) is 5.72. The summed E-state index contributed by atoms with van der Waals surface area (Å²) in [6.07, 6.45) is 3.61. The van der Waals surface area contributed by atoms with Gasteiger partial charge in [0.25, 0.3) is 0 Å². The van der Waals surface area contributed by atoms with Crippen LogP contribution in [0.3, 0.4) is 0 Å². The number of carbonyl (C=O) groups is 1. The van der Waals surface area contributed by atoms with Crippen molar-refractivity contribution in [2.75, 3.05) is 0 Å². The summed E-state index contributed by atoms with van der Waals surface area (Å²) < 4.78 is 8.19. The number of aryl methyl sites for hydroxylation is 1. The molecule has 29 heavy (non-hydrogen) atoms. The summed E-state index contributed by atoms with van der Waals surface area (Å²) in [4.78, 5) is 15.9. The topological polar surface area (TPSA) is 88.1 Å². The van der Waals surface area contributed by atoms with Crippen LogP contribution in [0.2, 0.25) is 0 Å². The Morgan fingerprint density at radius 3 is 2.59 bits per heavy atom. The molecule has 6 heteroatoms. The molecule has 0 saturated heterocycles. The van der Waals surface area contributed by atoms with Crippen molar-refractivity contribution in [3.63, 3.8) is 0 Å². The molecule has 0 amide bonds. The van der Waals surface area contributed by atoms with Crippen LogP contribution in [0.25, 0.3) is 11.0 Å². The van der Waals surface area contributed by atoms with Gasteiger partial charge in [0.1, 0.15) is 11.6 Å². The third kappa shape index (κ3) is 4.09. The van der Waals surface area contributed by atoms with E-state index in [2.05, 4.69) is 10.6 Å². The predicted molar refractivity (Wildman–Crippen MR) is 109 cm³/mol. The number of hydrogen-bond donors (Lipinski definition) is 1. The molecule has 1 heterocycles. The van der Waals surface area contributed by atoms with E-state index >= 15 is 0 Å². The summed E-state index contributed by atoms with van der Waals surface area (Å²) in [5, 5.41) is 18.1. The quantitative estimate of drug-likeness (QED) is 0.711. The van der Waals surface area contributed by atoms with Crippen LogP contribution in [0.15, 0.2) is 42.5 Å². The lowest BCUT2D eigenvalue weighted by molar-refractivity contribution is -0.143. The molecule has 0 aliphatic heterocycles. The third-order valence-electron chi connectivity index (χ3n) is 5.72. The molecule has 0 bridgehead atoms. The van der Waals surface area contributed by atoms with Gasteiger partial charge in [-0.15, -0.1) is 0 Å². The van der Waals surface area contributed by atoms with Crippen LogP contribution in [-0.2, 0) is 18.3 Å². The largest absolute Gasteiger partial charge is 0.490 e. The number of nitrogens with zero attached hydrogens (tertiary/aromatic N) is 3. The van der Waals surface area contributed by atoms with Gasteiger partial charge in [-0.2, -0.15) is 5.26 Å². The van der Waals surface area contributed by atoms with Crippen LogP contribution in [0.5, 0.6) is 5.75 Å². The number of carboxylic acid groups (broad SMARTS) is 1. The highest BCUT2D eigenvalue weighted by molar-refractivity contribution is 5.77. The van der Waals surface area contributed by atoms with Gasteiger partial charge in [0.15, 0.2) is 0 Å². The first-order chi connectivity index (χ1) is 14.0. The van der Waals surface area contributed by atoms with E-state index in [-0.39, 0.29) is 12.0 Å². The zero-order valence-corrected chi connectivity index (χ0v) is 16.3. The average molecular weight is 389 g/mol. The lowest BCUT2D eigenvalue weighted by Crippen LogP contribution is -2.27. The highest BCUT2D eigenvalue weighted by Gasteiger charge is 2.27. The van der Waals surface area contributed by atoms with Gasteiger partial charge in [0, 0.05) is 19.5 Å². The molecule has 1 N–H and O–H groups in total. The van der Waals surface area contributed by atoms with Crippen LogP contribution >= 0.6 is 0 Å². The Morgan fingerprint density at radius 2 is 1.93 bits per heavy atom. The normalized spacial score (nSPS) is 19.0. The van der Waals surface area contributed by atoms with Crippen molar-refractivity contribution in [3.05, 3.63) is 59.4 Å². The number of carboxylic acids is 1. The molecule has 0 spiro atoms. The molecule has 1 aliphatic carbocycles. The molecule has 6 nitrogen and oxygen atoms in total. The standard InChI is InChI=1S/C23H23N3O3/c1-26-21-11-10-19(29-18-8-6-17(7-9-18)23(27)28)13-20(21)25-22(26)12-15-2-4-16(14-24)5-3-15/h2-5,10-11,13,17-18H,6-9,12H2,1H3,(H,27,28). The predicted octanol–water partition coefficient (Wildman–Crippen LogP) is 4.06. The fourth-order valence-corrected chi connectivity index (χ4v) is 3.96. The van der Waals surface area contributed by atoms with Crippen molar-refractivity contribution >= 4 is 17.0 Å². The first-order valence-corrected chi connectivity index (χ1v) is 9.87. The second-order valence-electron chi connectivity index (χ2n) is 7.65. The van der Waals surface area contributed by atoms with E-state index in [4.69, 9.17) is 20.1 Å². The summed E-state index contributed by atoms with van der Waals surface area (Å²) in [5.74, 6) is 0.786. The van der Waals surface area contributed by atoms with E-state index in [1.54, 1.807) is 0 Å². The monoisotopic (exact) mass is 389 g/mol. The molecule has 2 aromatic carbocycles. The first-order valence-electron chi connectivity index (χ1n) is 9.87. The minimum atomic E-state index is -0.701. The van der Waals surface area contributed by atoms with E-state index in [1.807, 2.05) is 49.5 Å². The van der Waals surface area contributed by atoms with Gasteiger partial charge >= 0.3 is 5.97 Å². The fraction of sp³-hybridized carbons (Fsp3) is 0.348. The first kappa shape index (κ1) is 19.0. The van der Waals surface area contributed by atoms with Gasteiger partial charge < -0.3 is 14.4 Å². The molecule has 1 aromatic heterocycles. The summed E-state index contributed by atoms with van der Waals surface area (Å²) in [6.45, 7) is 0. The Hall–Kier alpha value is -3.33. The van der Waals surface area contributed by atoms with E-state index in [0.29, 0.717) is 24.8 Å². The van der Waals surface area contributed by atoms with Gasteiger partial charge in [0.2, 0.25) is 0 Å². The fourth-order valence-electron chi connectivity index (χ4n) is 3.96. The zero-order valence-electron chi connectivity index (χ0n) is 16.3. The highest BCUT2D eigenvalue weighted by Crippen LogP contribution is 2.29. The number of aromatic nitrogens is 2. The molecule has 3 aromatic rings. The van der Waals surface area contributed by atoms with E-state index in [0.717, 1.165) is 41.0 Å². The molecule has 0 atom stereocenters. The van der Waals surface area contributed by atoms with E-state index in [1.165, 1.54) is 0 Å². The maximum absolute atomic E-state index is 11.1. The number of ether oxygens (including phenoxy) is 1. The number of fused-ring (bicyclic) bond motifs is 1. The lowest BCUT2D eigenvalue weighted by Gasteiger charge is -2.26. The van der Waals surface area contributed by atoms with Gasteiger partial charge in [-0.1, -0.05) is 12.1 Å². The van der Waals surface area contributed by atoms with Gasteiger partial charge in [-0.05, 0) is 55.5 Å². The number of benzene rings is 2. The Kier molecular flexibility index (Phi) is 5.22. The lowest BCUT2D eigenvalue weighted by atomic mass is 9.87. The van der Waals surface area contributed by atoms with Crippen molar-refractivity contribution in [2.45, 2.75) is 38.2 Å². The molecule has 0 unspecified atom stereocenters. The SMILES string of the molecule is Cn1c(Cc2ccc(C#N)cc2)nc2cc(OC3CCC(C(=O)O)CC3)ccc21. The van der Waals surface area contributed by atoms with Crippen LogP contribution < -0.4 is 4.74 Å². The molecule has 4 rings (SSSR count). The molecule has 148 valence electrons. The average Bonchev–Trinajstić information content (AvgIpc) is 3.03. The molecule has 1 fully saturated rings. The van der Waals surface area contributed by atoms with E-state index in [9.17, 15) is 4.79 Å². The number of aliphatic carboxylic acids is 1. The number of nitriles is 1. The molecule has 1 saturated carbocycles. The van der Waals surface area contributed by atoms with Crippen LogP contribution in [0, 0.1) is 17.2 Å². The maximum Gasteiger partial charge on any atom is 0.306 e. The minimum Gasteiger partial charge on any atom is -0.490 e. The maximum atomic E-state index is 11.1. The van der Waals surface area contributed by atoms with Crippen LogP contribution in [0.4, 0.5) is 0 Å². The molecule has 0 radical (unpaired) electrons. The zero-order chi connectivity index (χ0) is 20.4. The van der Waals surface area contributed by atoms with Crippen molar-refractivity contribution in [1.82, 2.24) is 9.55 Å². The molecular formula is C23H23N3O3. The van der Waals surface area contributed by atoms with Crippen molar-refractivity contribution in [1.29, 1.82) is 5.26 Å². The molecular weight excluding hydrogens is 366 g/mol. The Balaban J connectivity index is 1.48. The summed E-state index contributed by atoms with van der Waals surface area (Å²) >= 11 is 0. The van der Waals surface area contributed by atoms with Gasteiger partial charge in [-0.3, -0.25) is 4.79 Å². The van der Waals surface area contributed by atoms with Crippen molar-refractivity contribution in [3.8, 4) is 11.8 Å². The summed E-state index contributed by atoms with van der Waals surface area (Å²) in [7, 11) is 2.00. The summed E-state index contributed by atoms with van der Waals surface area (Å²) in [6, 6.07) is 15.6. The van der Waals surface area contributed by atoms with Crippen LogP contribution in [-0.4, -0.2) is 26.7 Å². The van der Waals surface area contributed by atoms with Gasteiger partial charge in [-0.25, -0.2) is 4.98 Å². The Labute approximate surface area is 169 Å². The van der Waals surface area contributed by atoms with Crippen LogP contribution in [0.1, 0.15) is 42.6 Å². The smallest absolute Gasteiger partial charge is 0.306 e. The number of hydrogen-bond acceptors (Lipinski definition) is 4. The number of imidazole rings is 1. The van der Waals surface area contributed by atoms with Crippen molar-refractivity contribution < 1.29 is 14.6 Å². The number of rotatable bonds is 5. The summed E-state index contributed by atoms with van der Waals surface area (Å²) in [5.41, 5.74) is 3.68. The Morgan fingerprint density at radius 1 is 1.21 bits per heavy atom. The second-order valence-corrected chi connectivity index (χ2v) is 7.65.